The van der Waals surface area contributed by atoms with Crippen LogP contribution in [0.2, 0.25) is 0 Å². The van der Waals surface area contributed by atoms with E-state index in [2.05, 4.69) is 38.2 Å². The number of unbranched alkanes of at least 4 members (excludes halogenated alkanes) is 9. The fourth-order valence-electron chi connectivity index (χ4n) is 1.98. The van der Waals surface area contributed by atoms with Crippen molar-refractivity contribution < 1.29 is 0 Å². The quantitative estimate of drug-likeness (QED) is 0.254. The second kappa shape index (κ2) is 16.5. The molecule has 105 valence electrons. The number of hydrogen-bond acceptors (Lipinski definition) is 0. The van der Waals surface area contributed by atoms with Gasteiger partial charge in [0.05, 0.1) is 0 Å². The highest BCUT2D eigenvalue weighted by Crippen LogP contribution is 2.07. The van der Waals surface area contributed by atoms with Gasteiger partial charge in [0, 0.05) is 0 Å². The molecule has 0 bridgehead atoms. The smallest absolute Gasteiger partial charge is 0.0351 e. The Morgan fingerprint density at radius 3 is 1.50 bits per heavy atom. The first-order chi connectivity index (χ1) is 8.91. The van der Waals surface area contributed by atoms with Crippen molar-refractivity contribution in [2.75, 3.05) is 0 Å². The molecule has 0 aromatic heterocycles. The first-order valence-corrected chi connectivity index (χ1v) is 8.01. The van der Waals surface area contributed by atoms with Crippen molar-refractivity contribution in [2.45, 2.75) is 84.0 Å². The Kier molecular flexibility index (Phi) is 16.0. The standard InChI is InChI=1S/C18H33/c1-3-5-7-9-11-13-15-17-18-16-14-12-10-8-6-4-2/h7,9,12,14H,1,3-6,8,10-11,13,15-18H2,2H3. The van der Waals surface area contributed by atoms with Crippen LogP contribution in [0.25, 0.3) is 0 Å². The summed E-state index contributed by atoms with van der Waals surface area (Å²) < 4.78 is 0. The van der Waals surface area contributed by atoms with Gasteiger partial charge >= 0.3 is 0 Å². The molecule has 0 amide bonds. The van der Waals surface area contributed by atoms with Crippen LogP contribution >= 0.6 is 0 Å². The minimum absolute atomic E-state index is 1.03. The maximum absolute atomic E-state index is 3.83. The Morgan fingerprint density at radius 2 is 1.06 bits per heavy atom. The molecule has 0 spiro atoms. The predicted molar refractivity (Wildman–Crippen MR) is 84.7 cm³/mol. The molecule has 0 atom stereocenters. The molecule has 0 aromatic carbocycles. The molecular weight excluding hydrogens is 216 g/mol. The zero-order valence-electron chi connectivity index (χ0n) is 12.5. The first-order valence-electron chi connectivity index (χ1n) is 8.01. The van der Waals surface area contributed by atoms with Crippen molar-refractivity contribution in [1.82, 2.24) is 0 Å². The van der Waals surface area contributed by atoms with E-state index in [0.29, 0.717) is 0 Å². The van der Waals surface area contributed by atoms with Gasteiger partial charge in [-0.3, -0.25) is 0 Å². The topological polar surface area (TPSA) is 0 Å². The van der Waals surface area contributed by atoms with Crippen LogP contribution in [0.3, 0.4) is 0 Å². The fraction of sp³-hybridized carbons (Fsp3) is 0.722. The molecule has 0 aliphatic rings. The lowest BCUT2D eigenvalue weighted by atomic mass is 10.1. The summed E-state index contributed by atoms with van der Waals surface area (Å²) in [5.41, 5.74) is 0. The predicted octanol–water partition coefficient (Wildman–Crippen LogP) is 6.63. The number of rotatable bonds is 13. The summed E-state index contributed by atoms with van der Waals surface area (Å²) in [6.07, 6.45) is 24.9. The lowest BCUT2D eigenvalue weighted by Gasteiger charge is -1.97. The van der Waals surface area contributed by atoms with Crippen LogP contribution in [0.15, 0.2) is 24.3 Å². The summed E-state index contributed by atoms with van der Waals surface area (Å²) in [5.74, 6) is 0. The number of hydrogen-bond donors (Lipinski definition) is 0. The van der Waals surface area contributed by atoms with E-state index in [0.717, 1.165) is 12.8 Å². The van der Waals surface area contributed by atoms with Gasteiger partial charge in [0.1, 0.15) is 0 Å². The van der Waals surface area contributed by atoms with Gasteiger partial charge in [-0.05, 0) is 51.4 Å². The monoisotopic (exact) mass is 249 g/mol. The van der Waals surface area contributed by atoms with Crippen LogP contribution in [0.4, 0.5) is 0 Å². The zero-order valence-corrected chi connectivity index (χ0v) is 12.5. The Balaban J connectivity index is 3.06. The first kappa shape index (κ1) is 17.5. The molecule has 0 saturated carbocycles. The molecule has 0 aromatic rings. The van der Waals surface area contributed by atoms with E-state index in [1.165, 1.54) is 64.2 Å². The van der Waals surface area contributed by atoms with Crippen molar-refractivity contribution in [1.29, 1.82) is 0 Å². The van der Waals surface area contributed by atoms with Gasteiger partial charge in [-0.25, -0.2) is 0 Å². The number of allylic oxidation sites excluding steroid dienone is 4. The molecule has 0 fully saturated rings. The maximum atomic E-state index is 3.83. The molecular formula is C18H33. The maximum Gasteiger partial charge on any atom is -0.0351 e. The lowest BCUT2D eigenvalue weighted by Crippen LogP contribution is -1.77. The van der Waals surface area contributed by atoms with Crippen LogP contribution in [-0.2, 0) is 0 Å². The van der Waals surface area contributed by atoms with E-state index < -0.39 is 0 Å². The molecule has 18 heavy (non-hydrogen) atoms. The van der Waals surface area contributed by atoms with E-state index in [1.54, 1.807) is 0 Å². The van der Waals surface area contributed by atoms with E-state index in [-0.39, 0.29) is 0 Å². The van der Waals surface area contributed by atoms with Gasteiger partial charge < -0.3 is 0 Å². The van der Waals surface area contributed by atoms with Crippen molar-refractivity contribution in [3.8, 4) is 0 Å². The average Bonchev–Trinajstić information content (AvgIpc) is 2.39. The second-order valence-corrected chi connectivity index (χ2v) is 5.07. The summed E-state index contributed by atoms with van der Waals surface area (Å²) >= 11 is 0. The molecule has 0 aliphatic heterocycles. The second-order valence-electron chi connectivity index (χ2n) is 5.07. The Bertz CT molecular complexity index is 188. The normalized spacial score (nSPS) is 11.9. The third-order valence-corrected chi connectivity index (χ3v) is 3.17. The van der Waals surface area contributed by atoms with Gasteiger partial charge in [-0.15, -0.1) is 0 Å². The molecule has 0 heteroatoms. The molecule has 0 saturated heterocycles. The molecule has 1 radical (unpaired) electrons. The van der Waals surface area contributed by atoms with E-state index in [1.807, 2.05) is 0 Å². The van der Waals surface area contributed by atoms with Gasteiger partial charge in [0.2, 0.25) is 0 Å². The molecule has 0 N–H and O–H groups in total. The Hall–Kier alpha value is -0.520. The van der Waals surface area contributed by atoms with Crippen LogP contribution in [0, 0.1) is 6.92 Å². The van der Waals surface area contributed by atoms with Crippen LogP contribution in [0.5, 0.6) is 0 Å². The lowest BCUT2D eigenvalue weighted by molar-refractivity contribution is 0.650. The highest BCUT2D eigenvalue weighted by Gasteiger charge is 1.88. The van der Waals surface area contributed by atoms with E-state index in [4.69, 9.17) is 0 Å². The van der Waals surface area contributed by atoms with Crippen molar-refractivity contribution in [2.24, 2.45) is 0 Å². The fourth-order valence-corrected chi connectivity index (χ4v) is 1.98. The highest BCUT2D eigenvalue weighted by molar-refractivity contribution is 4.82. The largest absolute Gasteiger partial charge is 0.0885 e. The zero-order chi connectivity index (χ0) is 13.3. The highest BCUT2D eigenvalue weighted by atomic mass is 13.9. The van der Waals surface area contributed by atoms with Crippen molar-refractivity contribution in [3.05, 3.63) is 31.2 Å². The molecule has 0 nitrogen and oxygen atoms in total. The van der Waals surface area contributed by atoms with Gasteiger partial charge in [-0.2, -0.15) is 0 Å². The Labute approximate surface area is 116 Å². The molecule has 0 unspecified atom stereocenters. The summed E-state index contributed by atoms with van der Waals surface area (Å²) in [6, 6.07) is 0. The third kappa shape index (κ3) is 15.5. The third-order valence-electron chi connectivity index (χ3n) is 3.17. The van der Waals surface area contributed by atoms with Crippen LogP contribution < -0.4 is 0 Å². The summed E-state index contributed by atoms with van der Waals surface area (Å²) in [5, 5.41) is 0. The average molecular weight is 249 g/mol. The minimum atomic E-state index is 1.03. The molecule has 0 rings (SSSR count). The Morgan fingerprint density at radius 1 is 0.611 bits per heavy atom. The summed E-state index contributed by atoms with van der Waals surface area (Å²) in [7, 11) is 0. The van der Waals surface area contributed by atoms with Gasteiger partial charge in [0.15, 0.2) is 0 Å². The van der Waals surface area contributed by atoms with Crippen molar-refractivity contribution >= 4 is 0 Å². The summed E-state index contributed by atoms with van der Waals surface area (Å²) in [4.78, 5) is 0. The van der Waals surface area contributed by atoms with E-state index >= 15 is 0 Å². The van der Waals surface area contributed by atoms with Gasteiger partial charge in [0.25, 0.3) is 0 Å². The van der Waals surface area contributed by atoms with Crippen LogP contribution in [-0.4, -0.2) is 0 Å². The minimum Gasteiger partial charge on any atom is -0.0885 e. The summed E-state index contributed by atoms with van der Waals surface area (Å²) in [6.45, 7) is 6.09. The van der Waals surface area contributed by atoms with Gasteiger partial charge in [-0.1, -0.05) is 63.8 Å². The van der Waals surface area contributed by atoms with Crippen LogP contribution in [0.1, 0.15) is 84.0 Å². The SMILES string of the molecule is [CH2]CCC=CCCCCCCC=CCCCCC. The molecule has 0 heterocycles. The van der Waals surface area contributed by atoms with Crippen molar-refractivity contribution in [3.63, 3.8) is 0 Å². The van der Waals surface area contributed by atoms with E-state index in [9.17, 15) is 0 Å². The molecule has 0 aliphatic carbocycles.